The minimum absolute atomic E-state index is 0.236. The standard InChI is InChI=1S/C17H16BrN5O2/c1-9-7-14(20-16(25)12-5-4-6-13(18)8-12)23(22-9)17-19-11(3)10(2)15(24)21-17/h4-8H,1-3H3,(H,20,25)(H,19,21,24). The molecule has 2 heterocycles. The van der Waals surface area contributed by atoms with E-state index in [0.29, 0.717) is 28.3 Å². The molecule has 8 heteroatoms. The van der Waals surface area contributed by atoms with Gasteiger partial charge in [-0.25, -0.2) is 4.98 Å². The molecule has 3 aromatic rings. The average molecular weight is 402 g/mol. The SMILES string of the molecule is Cc1cc(NC(=O)c2cccc(Br)c2)n(-c2nc(C)c(C)c(=O)[nH]2)n1. The van der Waals surface area contributed by atoms with Crippen LogP contribution in [0.4, 0.5) is 5.82 Å². The van der Waals surface area contributed by atoms with Gasteiger partial charge >= 0.3 is 0 Å². The third kappa shape index (κ3) is 3.53. The second-order valence-corrected chi connectivity index (χ2v) is 6.56. The zero-order valence-corrected chi connectivity index (χ0v) is 15.5. The molecule has 1 aromatic carbocycles. The van der Waals surface area contributed by atoms with Gasteiger partial charge in [0.25, 0.3) is 11.5 Å². The number of amides is 1. The summed E-state index contributed by atoms with van der Waals surface area (Å²) < 4.78 is 2.23. The van der Waals surface area contributed by atoms with Crippen LogP contribution >= 0.6 is 15.9 Å². The van der Waals surface area contributed by atoms with Gasteiger partial charge in [-0.2, -0.15) is 9.78 Å². The minimum Gasteiger partial charge on any atom is -0.306 e. The maximum Gasteiger partial charge on any atom is 0.256 e. The molecule has 0 aliphatic rings. The molecule has 1 amide bonds. The van der Waals surface area contributed by atoms with Gasteiger partial charge in [0, 0.05) is 27.4 Å². The lowest BCUT2D eigenvalue weighted by atomic mass is 10.2. The smallest absolute Gasteiger partial charge is 0.256 e. The maximum atomic E-state index is 12.5. The van der Waals surface area contributed by atoms with Gasteiger partial charge in [-0.15, -0.1) is 0 Å². The highest BCUT2D eigenvalue weighted by Crippen LogP contribution is 2.17. The van der Waals surface area contributed by atoms with Crippen LogP contribution < -0.4 is 10.9 Å². The Bertz CT molecular complexity index is 1020. The third-order valence-corrected chi connectivity index (χ3v) is 4.24. The molecule has 0 bridgehead atoms. The molecule has 2 N–H and O–H groups in total. The molecule has 0 radical (unpaired) electrons. The second-order valence-electron chi connectivity index (χ2n) is 5.65. The molecule has 2 aromatic heterocycles. The molecule has 0 saturated heterocycles. The molecule has 0 spiro atoms. The summed E-state index contributed by atoms with van der Waals surface area (Å²) in [4.78, 5) is 31.5. The Morgan fingerprint density at radius 1 is 1.24 bits per heavy atom. The molecule has 128 valence electrons. The van der Waals surface area contributed by atoms with Crippen molar-refractivity contribution in [1.29, 1.82) is 0 Å². The lowest BCUT2D eigenvalue weighted by molar-refractivity contribution is 0.102. The van der Waals surface area contributed by atoms with E-state index in [1.165, 1.54) is 4.68 Å². The van der Waals surface area contributed by atoms with Gasteiger partial charge < -0.3 is 5.32 Å². The highest BCUT2D eigenvalue weighted by Gasteiger charge is 2.15. The number of hydrogen-bond acceptors (Lipinski definition) is 4. The van der Waals surface area contributed by atoms with E-state index in [9.17, 15) is 9.59 Å². The minimum atomic E-state index is -0.284. The van der Waals surface area contributed by atoms with Crippen molar-refractivity contribution in [2.75, 3.05) is 5.32 Å². The quantitative estimate of drug-likeness (QED) is 0.705. The predicted octanol–water partition coefficient (Wildman–Crippen LogP) is 2.90. The van der Waals surface area contributed by atoms with Crippen molar-refractivity contribution in [2.24, 2.45) is 0 Å². The zero-order valence-electron chi connectivity index (χ0n) is 13.9. The summed E-state index contributed by atoms with van der Waals surface area (Å²) in [5.41, 5.74) is 2.11. The van der Waals surface area contributed by atoms with Gasteiger partial charge in [0.15, 0.2) is 0 Å². The summed E-state index contributed by atoms with van der Waals surface area (Å²) in [5.74, 6) is 0.397. The second kappa shape index (κ2) is 6.64. The van der Waals surface area contributed by atoms with Gasteiger partial charge in [-0.3, -0.25) is 14.6 Å². The predicted molar refractivity (Wildman–Crippen MR) is 98.3 cm³/mol. The van der Waals surface area contributed by atoms with Crippen LogP contribution in [-0.4, -0.2) is 25.7 Å². The number of hydrogen-bond donors (Lipinski definition) is 2. The maximum absolute atomic E-state index is 12.5. The van der Waals surface area contributed by atoms with Crippen molar-refractivity contribution in [1.82, 2.24) is 19.7 Å². The van der Waals surface area contributed by atoms with Crippen molar-refractivity contribution < 1.29 is 4.79 Å². The van der Waals surface area contributed by atoms with E-state index in [1.807, 2.05) is 6.07 Å². The molecule has 0 fully saturated rings. The Morgan fingerprint density at radius 2 is 2.00 bits per heavy atom. The Morgan fingerprint density at radius 3 is 2.68 bits per heavy atom. The molecule has 0 unspecified atom stereocenters. The third-order valence-electron chi connectivity index (χ3n) is 3.74. The van der Waals surface area contributed by atoms with Gasteiger partial charge in [0.1, 0.15) is 5.82 Å². The number of rotatable bonds is 3. The fraction of sp³-hybridized carbons (Fsp3) is 0.176. The Balaban J connectivity index is 1.99. The summed E-state index contributed by atoms with van der Waals surface area (Å²) >= 11 is 3.35. The molecular formula is C17H16BrN5O2. The normalized spacial score (nSPS) is 10.7. The molecule has 3 rings (SSSR count). The number of aromatic amines is 1. The van der Waals surface area contributed by atoms with Crippen LogP contribution in [0.5, 0.6) is 0 Å². The number of anilines is 1. The van der Waals surface area contributed by atoms with Crippen LogP contribution in [0.15, 0.2) is 39.6 Å². The number of H-pyrrole nitrogens is 1. The van der Waals surface area contributed by atoms with Gasteiger partial charge in [-0.05, 0) is 39.0 Å². The van der Waals surface area contributed by atoms with Gasteiger partial charge in [0.2, 0.25) is 5.95 Å². The summed E-state index contributed by atoms with van der Waals surface area (Å²) in [6.07, 6.45) is 0. The number of benzene rings is 1. The van der Waals surface area contributed by atoms with Crippen LogP contribution in [0, 0.1) is 20.8 Å². The molecule has 0 atom stereocenters. The van der Waals surface area contributed by atoms with Gasteiger partial charge in [0.05, 0.1) is 5.69 Å². The van der Waals surface area contributed by atoms with Crippen molar-refractivity contribution in [2.45, 2.75) is 20.8 Å². The lowest BCUT2D eigenvalue weighted by Gasteiger charge is -2.09. The van der Waals surface area contributed by atoms with E-state index < -0.39 is 0 Å². The number of carbonyl (C=O) groups is 1. The summed E-state index contributed by atoms with van der Waals surface area (Å²) in [6, 6.07) is 8.77. The number of nitrogens with one attached hydrogen (secondary N) is 2. The first-order valence-corrected chi connectivity index (χ1v) is 8.36. The highest BCUT2D eigenvalue weighted by atomic mass is 79.9. The number of halogens is 1. The number of carbonyl (C=O) groups excluding carboxylic acids is 1. The van der Waals surface area contributed by atoms with Crippen molar-refractivity contribution in [3.63, 3.8) is 0 Å². The van der Waals surface area contributed by atoms with E-state index in [1.54, 1.807) is 45.0 Å². The first-order chi connectivity index (χ1) is 11.8. The van der Waals surface area contributed by atoms with E-state index in [4.69, 9.17) is 0 Å². The van der Waals surface area contributed by atoms with Crippen molar-refractivity contribution in [3.8, 4) is 5.95 Å². The van der Waals surface area contributed by atoms with E-state index >= 15 is 0 Å². The molecule has 25 heavy (non-hydrogen) atoms. The van der Waals surface area contributed by atoms with E-state index in [2.05, 4.69) is 36.3 Å². The molecule has 7 nitrogen and oxygen atoms in total. The fourth-order valence-electron chi connectivity index (χ4n) is 2.30. The monoisotopic (exact) mass is 401 g/mol. The van der Waals surface area contributed by atoms with Crippen LogP contribution in [-0.2, 0) is 0 Å². The molecule has 0 aliphatic heterocycles. The van der Waals surface area contributed by atoms with Crippen LogP contribution in [0.25, 0.3) is 5.95 Å². The highest BCUT2D eigenvalue weighted by molar-refractivity contribution is 9.10. The first-order valence-electron chi connectivity index (χ1n) is 7.56. The lowest BCUT2D eigenvalue weighted by Crippen LogP contribution is -2.20. The van der Waals surface area contributed by atoms with Crippen LogP contribution in [0.3, 0.4) is 0 Å². The first kappa shape index (κ1) is 17.1. The molecular weight excluding hydrogens is 386 g/mol. The summed E-state index contributed by atoms with van der Waals surface area (Å²) in [6.45, 7) is 5.25. The summed E-state index contributed by atoms with van der Waals surface area (Å²) in [5, 5.41) is 7.12. The van der Waals surface area contributed by atoms with E-state index in [0.717, 1.165) is 4.47 Å². The van der Waals surface area contributed by atoms with Crippen LogP contribution in [0.1, 0.15) is 27.3 Å². The number of aryl methyl sites for hydroxylation is 2. The zero-order chi connectivity index (χ0) is 18.1. The van der Waals surface area contributed by atoms with Crippen molar-refractivity contribution in [3.05, 3.63) is 67.7 Å². The largest absolute Gasteiger partial charge is 0.306 e. The number of aromatic nitrogens is 4. The average Bonchev–Trinajstić information content (AvgIpc) is 2.92. The Hall–Kier alpha value is -2.74. The number of nitrogens with zero attached hydrogens (tertiary/aromatic N) is 3. The molecule has 0 saturated carbocycles. The van der Waals surface area contributed by atoms with E-state index in [-0.39, 0.29) is 17.4 Å². The summed E-state index contributed by atoms with van der Waals surface area (Å²) in [7, 11) is 0. The molecule has 0 aliphatic carbocycles. The fourth-order valence-corrected chi connectivity index (χ4v) is 2.70. The topological polar surface area (TPSA) is 92.7 Å². The van der Waals surface area contributed by atoms with Gasteiger partial charge in [-0.1, -0.05) is 22.0 Å². The van der Waals surface area contributed by atoms with Crippen molar-refractivity contribution >= 4 is 27.7 Å². The van der Waals surface area contributed by atoms with Crippen LogP contribution in [0.2, 0.25) is 0 Å². The Labute approximate surface area is 152 Å². The Kier molecular flexibility index (Phi) is 4.54.